The minimum absolute atomic E-state index is 0.225. The Morgan fingerprint density at radius 2 is 1.47 bits per heavy atom. The summed E-state index contributed by atoms with van der Waals surface area (Å²) in [5, 5.41) is 2.58. The Morgan fingerprint density at radius 1 is 0.800 bits per heavy atom. The fourth-order valence-electron chi connectivity index (χ4n) is 3.20. The van der Waals surface area contributed by atoms with Gasteiger partial charge >= 0.3 is 5.97 Å². The second-order valence-electron chi connectivity index (χ2n) is 6.60. The summed E-state index contributed by atoms with van der Waals surface area (Å²) < 4.78 is 5.74. The smallest absolute Gasteiger partial charge is 0.338 e. The molecule has 6 nitrogen and oxygen atoms in total. The molecule has 3 aromatic rings. The number of hydrogen-bond acceptors (Lipinski definition) is 5. The fraction of sp³-hybridized carbons (Fsp3) is 0.0435. The quantitative estimate of drug-likeness (QED) is 0.461. The summed E-state index contributed by atoms with van der Waals surface area (Å²) >= 11 is 3.27. The highest BCUT2D eigenvalue weighted by Gasteiger charge is 2.29. The number of fused-ring (bicyclic) bond motifs is 2. The molecule has 0 unspecified atom stereocenters. The summed E-state index contributed by atoms with van der Waals surface area (Å²) in [4.78, 5) is 49.6. The highest BCUT2D eigenvalue weighted by Crippen LogP contribution is 2.29. The maximum absolute atomic E-state index is 12.8. The lowest BCUT2D eigenvalue weighted by Gasteiger charge is -2.18. The maximum Gasteiger partial charge on any atom is 0.338 e. The van der Waals surface area contributed by atoms with Gasteiger partial charge in [0.05, 0.1) is 5.56 Å². The largest absolute Gasteiger partial charge is 0.452 e. The second-order valence-corrected chi connectivity index (χ2v) is 7.51. The van der Waals surface area contributed by atoms with E-state index in [4.69, 9.17) is 4.74 Å². The van der Waals surface area contributed by atoms with Crippen LogP contribution in [0.4, 0.5) is 5.69 Å². The van der Waals surface area contributed by atoms with E-state index in [1.165, 1.54) is 18.2 Å². The minimum Gasteiger partial charge on any atom is -0.452 e. The molecule has 3 aromatic carbocycles. The Hall–Kier alpha value is -3.58. The van der Waals surface area contributed by atoms with Crippen LogP contribution in [-0.4, -0.2) is 30.0 Å². The minimum atomic E-state index is -0.630. The summed E-state index contributed by atoms with van der Waals surface area (Å²) in [6.45, 7) is -0.488. The van der Waals surface area contributed by atoms with E-state index in [0.29, 0.717) is 22.4 Å². The number of amides is 1. The third-order valence-electron chi connectivity index (χ3n) is 4.60. The number of hydrogen-bond donors (Lipinski definition) is 1. The lowest BCUT2D eigenvalue weighted by atomic mass is 9.84. The Morgan fingerprint density at radius 3 is 2.17 bits per heavy atom. The molecule has 0 spiro atoms. The van der Waals surface area contributed by atoms with Crippen molar-refractivity contribution >= 4 is 45.1 Å². The Balaban J connectivity index is 1.46. The van der Waals surface area contributed by atoms with Crippen LogP contribution in [0.25, 0.3) is 0 Å². The third-order valence-corrected chi connectivity index (χ3v) is 5.10. The Kier molecular flexibility index (Phi) is 5.29. The summed E-state index contributed by atoms with van der Waals surface area (Å²) in [5.74, 6) is -1.71. The van der Waals surface area contributed by atoms with E-state index < -0.39 is 18.5 Å². The van der Waals surface area contributed by atoms with Gasteiger partial charge in [-0.25, -0.2) is 4.79 Å². The molecule has 0 atom stereocenters. The van der Waals surface area contributed by atoms with Crippen LogP contribution in [0.15, 0.2) is 71.2 Å². The van der Waals surface area contributed by atoms with Gasteiger partial charge in [0, 0.05) is 32.4 Å². The molecule has 0 fully saturated rings. The molecule has 7 heteroatoms. The molecule has 1 amide bonds. The number of carbonyl (C=O) groups excluding carboxylic acids is 4. The molecule has 1 aliphatic carbocycles. The van der Waals surface area contributed by atoms with Crippen LogP contribution in [0, 0.1) is 0 Å². The van der Waals surface area contributed by atoms with E-state index in [2.05, 4.69) is 21.2 Å². The maximum atomic E-state index is 12.8. The average Bonchev–Trinajstić information content (AvgIpc) is 2.76. The van der Waals surface area contributed by atoms with E-state index in [0.717, 1.165) is 4.47 Å². The van der Waals surface area contributed by atoms with Gasteiger partial charge in [0.2, 0.25) is 0 Å². The highest BCUT2D eigenvalue weighted by atomic mass is 79.9. The van der Waals surface area contributed by atoms with Crippen LogP contribution in [0.1, 0.15) is 42.2 Å². The molecule has 0 radical (unpaired) electrons. The van der Waals surface area contributed by atoms with Crippen LogP contribution < -0.4 is 5.32 Å². The van der Waals surface area contributed by atoms with E-state index >= 15 is 0 Å². The van der Waals surface area contributed by atoms with Crippen molar-refractivity contribution in [1.82, 2.24) is 0 Å². The lowest BCUT2D eigenvalue weighted by Crippen LogP contribution is -2.23. The Bertz CT molecular complexity index is 1220. The third kappa shape index (κ3) is 3.79. The number of carbonyl (C=O) groups is 4. The average molecular weight is 464 g/mol. The molecule has 0 aliphatic heterocycles. The predicted octanol–water partition coefficient (Wildman–Crippen LogP) is 4.02. The van der Waals surface area contributed by atoms with Crippen molar-refractivity contribution < 1.29 is 23.9 Å². The SMILES string of the molecule is O=C(COC(=O)c1cccc(Br)c1)Nc1ccc2c(c1)C(=O)c1ccccc1C2=O. The zero-order valence-corrected chi connectivity index (χ0v) is 17.1. The van der Waals surface area contributed by atoms with Crippen LogP contribution in [-0.2, 0) is 9.53 Å². The standard InChI is InChI=1S/C23H14BrNO5/c24-14-5-3-4-13(10-14)23(29)30-12-20(26)25-15-8-9-18-19(11-15)22(28)17-7-2-1-6-16(17)21(18)27/h1-11H,12H2,(H,25,26). The summed E-state index contributed by atoms with van der Waals surface area (Å²) in [7, 11) is 0. The molecule has 148 valence electrons. The molecule has 0 saturated heterocycles. The first-order valence-electron chi connectivity index (χ1n) is 8.99. The van der Waals surface area contributed by atoms with Gasteiger partial charge in [-0.3, -0.25) is 14.4 Å². The van der Waals surface area contributed by atoms with E-state index in [1.54, 1.807) is 48.5 Å². The molecule has 1 N–H and O–H groups in total. The number of ketones is 2. The topological polar surface area (TPSA) is 89.5 Å². The Labute approximate surface area is 180 Å². The van der Waals surface area contributed by atoms with Crippen LogP contribution in [0.2, 0.25) is 0 Å². The van der Waals surface area contributed by atoms with Crippen molar-refractivity contribution in [2.24, 2.45) is 0 Å². The molecule has 0 heterocycles. The van der Waals surface area contributed by atoms with Crippen LogP contribution >= 0.6 is 15.9 Å². The van der Waals surface area contributed by atoms with Crippen molar-refractivity contribution in [2.45, 2.75) is 0 Å². The van der Waals surface area contributed by atoms with Gasteiger partial charge in [-0.15, -0.1) is 0 Å². The number of ether oxygens (including phenoxy) is 1. The first-order chi connectivity index (χ1) is 14.4. The van der Waals surface area contributed by atoms with Gasteiger partial charge in [0.15, 0.2) is 18.2 Å². The van der Waals surface area contributed by atoms with Gasteiger partial charge in [-0.05, 0) is 36.4 Å². The van der Waals surface area contributed by atoms with Crippen molar-refractivity contribution in [2.75, 3.05) is 11.9 Å². The predicted molar refractivity (Wildman–Crippen MR) is 113 cm³/mol. The molecule has 0 bridgehead atoms. The molecule has 4 rings (SSSR count). The lowest BCUT2D eigenvalue weighted by molar-refractivity contribution is -0.119. The van der Waals surface area contributed by atoms with Crippen molar-refractivity contribution in [3.63, 3.8) is 0 Å². The molecule has 1 aliphatic rings. The van der Waals surface area contributed by atoms with Gasteiger partial charge in [0.1, 0.15) is 0 Å². The molecular formula is C23H14BrNO5. The number of rotatable bonds is 4. The van der Waals surface area contributed by atoms with Gasteiger partial charge in [-0.2, -0.15) is 0 Å². The first kappa shape index (κ1) is 19.7. The molecule has 30 heavy (non-hydrogen) atoms. The fourth-order valence-corrected chi connectivity index (χ4v) is 3.60. The number of halogens is 1. The number of esters is 1. The van der Waals surface area contributed by atoms with Crippen molar-refractivity contribution in [3.8, 4) is 0 Å². The van der Waals surface area contributed by atoms with E-state index in [-0.39, 0.29) is 22.7 Å². The normalized spacial score (nSPS) is 12.0. The molecule has 0 saturated carbocycles. The summed E-state index contributed by atoms with van der Waals surface area (Å²) in [5.41, 5.74) is 1.86. The number of benzene rings is 3. The highest BCUT2D eigenvalue weighted by molar-refractivity contribution is 9.10. The van der Waals surface area contributed by atoms with Gasteiger partial charge in [0.25, 0.3) is 5.91 Å². The van der Waals surface area contributed by atoms with Gasteiger partial charge in [-0.1, -0.05) is 46.3 Å². The summed E-state index contributed by atoms with van der Waals surface area (Å²) in [6.07, 6.45) is 0. The van der Waals surface area contributed by atoms with E-state index in [9.17, 15) is 19.2 Å². The zero-order valence-electron chi connectivity index (χ0n) is 15.5. The van der Waals surface area contributed by atoms with Crippen molar-refractivity contribution in [3.05, 3.63) is 99.0 Å². The summed E-state index contributed by atoms with van der Waals surface area (Å²) in [6, 6.07) is 17.7. The molecular weight excluding hydrogens is 450 g/mol. The van der Waals surface area contributed by atoms with Crippen molar-refractivity contribution in [1.29, 1.82) is 0 Å². The first-order valence-corrected chi connectivity index (χ1v) is 9.78. The number of anilines is 1. The number of nitrogens with one attached hydrogen (secondary N) is 1. The monoisotopic (exact) mass is 463 g/mol. The van der Waals surface area contributed by atoms with E-state index in [1.807, 2.05) is 0 Å². The van der Waals surface area contributed by atoms with Crippen LogP contribution in [0.3, 0.4) is 0 Å². The zero-order chi connectivity index (χ0) is 21.3. The second kappa shape index (κ2) is 8.04. The van der Waals surface area contributed by atoms with Gasteiger partial charge < -0.3 is 10.1 Å². The molecule has 0 aromatic heterocycles. The van der Waals surface area contributed by atoms with Crippen LogP contribution in [0.5, 0.6) is 0 Å².